The summed E-state index contributed by atoms with van der Waals surface area (Å²) >= 11 is 1.41. The second-order valence-electron chi connectivity index (χ2n) is 14.2. The largest absolute Gasteiger partial charge is 0.462 e. The van der Waals surface area contributed by atoms with E-state index in [-0.39, 0.29) is 43.7 Å². The van der Waals surface area contributed by atoms with E-state index < -0.39 is 12.1 Å². The standard InChI is InChI=1S/C41H77NO6S.H2S/c1-5-7-9-11-13-15-17-19-21-23-25-27-29-31-40(45)47-33-38(34-49-35-39(36(3)43)42-37(4)44)48-41(46)32-30-28-26-24-22-20-18-16-14-12-10-8-6-2;/h38-39H,5-35H2,1-4H3,(H,42,44);1H2/t38-,39-;/m0./s1. The molecule has 0 aliphatic carbocycles. The van der Waals surface area contributed by atoms with Crippen LogP contribution in [0.4, 0.5) is 0 Å². The van der Waals surface area contributed by atoms with Crippen LogP contribution in [-0.4, -0.2) is 53.9 Å². The molecule has 0 aliphatic heterocycles. The van der Waals surface area contributed by atoms with Crippen molar-refractivity contribution in [2.45, 2.75) is 220 Å². The van der Waals surface area contributed by atoms with Crippen LogP contribution >= 0.6 is 25.3 Å². The maximum atomic E-state index is 12.7. The first-order valence-corrected chi connectivity index (χ1v) is 21.7. The van der Waals surface area contributed by atoms with Crippen molar-refractivity contribution in [1.82, 2.24) is 5.32 Å². The summed E-state index contributed by atoms with van der Waals surface area (Å²) < 4.78 is 11.3. The number of amides is 1. The lowest BCUT2D eigenvalue weighted by atomic mass is 10.0. The third-order valence-electron chi connectivity index (χ3n) is 9.15. The van der Waals surface area contributed by atoms with Crippen LogP contribution < -0.4 is 5.32 Å². The van der Waals surface area contributed by atoms with Crippen molar-refractivity contribution in [3.63, 3.8) is 0 Å². The molecule has 0 aromatic carbocycles. The van der Waals surface area contributed by atoms with Crippen molar-refractivity contribution in [3.8, 4) is 0 Å². The van der Waals surface area contributed by atoms with E-state index in [1.807, 2.05) is 0 Å². The van der Waals surface area contributed by atoms with Gasteiger partial charge in [0.05, 0.1) is 6.04 Å². The van der Waals surface area contributed by atoms with Crippen molar-refractivity contribution >= 4 is 48.9 Å². The quantitative estimate of drug-likeness (QED) is 0.0499. The minimum atomic E-state index is -0.595. The molecule has 0 aliphatic rings. The van der Waals surface area contributed by atoms with E-state index >= 15 is 0 Å². The van der Waals surface area contributed by atoms with Gasteiger partial charge in [-0.1, -0.05) is 168 Å². The number of hydrogen-bond donors (Lipinski definition) is 1. The van der Waals surface area contributed by atoms with Crippen LogP contribution in [0.2, 0.25) is 0 Å². The fourth-order valence-corrected chi connectivity index (χ4v) is 7.13. The van der Waals surface area contributed by atoms with E-state index in [9.17, 15) is 19.2 Å². The van der Waals surface area contributed by atoms with Gasteiger partial charge in [0.15, 0.2) is 5.78 Å². The predicted molar refractivity (Wildman–Crippen MR) is 217 cm³/mol. The number of esters is 2. The molecule has 0 saturated carbocycles. The Morgan fingerprint density at radius 3 is 1.24 bits per heavy atom. The summed E-state index contributed by atoms with van der Waals surface area (Å²) in [6.07, 6.45) is 32.6. The fourth-order valence-electron chi connectivity index (χ4n) is 6.02. The number of unbranched alkanes of at least 4 members (excludes halogenated alkanes) is 24. The lowest BCUT2D eigenvalue weighted by Crippen LogP contribution is -2.40. The summed E-state index contributed by atoms with van der Waals surface area (Å²) in [4.78, 5) is 48.6. The Morgan fingerprint density at radius 2 is 0.880 bits per heavy atom. The topological polar surface area (TPSA) is 98.8 Å². The van der Waals surface area contributed by atoms with E-state index in [0.717, 1.165) is 38.5 Å². The lowest BCUT2D eigenvalue weighted by Gasteiger charge is -2.20. The third kappa shape index (κ3) is 36.6. The minimum absolute atomic E-state index is 0. The Hall–Kier alpha value is -1.22. The van der Waals surface area contributed by atoms with Gasteiger partial charge in [-0.25, -0.2) is 0 Å². The summed E-state index contributed by atoms with van der Waals surface area (Å²) in [6.45, 7) is 7.36. The van der Waals surface area contributed by atoms with E-state index in [2.05, 4.69) is 19.2 Å². The molecule has 0 radical (unpaired) electrons. The molecule has 0 spiro atoms. The highest BCUT2D eigenvalue weighted by atomic mass is 32.2. The second kappa shape index (κ2) is 39.0. The van der Waals surface area contributed by atoms with Crippen LogP contribution in [0.15, 0.2) is 0 Å². The van der Waals surface area contributed by atoms with Gasteiger partial charge in [-0.05, 0) is 19.8 Å². The Morgan fingerprint density at radius 1 is 0.520 bits per heavy atom. The maximum absolute atomic E-state index is 12.7. The molecule has 0 heterocycles. The Kier molecular flexibility index (Phi) is 39.7. The number of carbonyl (C=O) groups excluding carboxylic acids is 4. The maximum Gasteiger partial charge on any atom is 0.306 e. The molecule has 296 valence electrons. The van der Waals surface area contributed by atoms with Gasteiger partial charge in [-0.3, -0.25) is 19.2 Å². The number of thioether (sulfide) groups is 1. The second-order valence-corrected chi connectivity index (χ2v) is 15.3. The molecule has 0 aromatic heterocycles. The van der Waals surface area contributed by atoms with E-state index in [1.165, 1.54) is 154 Å². The molecule has 1 amide bonds. The van der Waals surface area contributed by atoms with Gasteiger partial charge >= 0.3 is 11.9 Å². The zero-order valence-electron chi connectivity index (χ0n) is 32.9. The molecule has 50 heavy (non-hydrogen) atoms. The predicted octanol–water partition coefficient (Wildman–Crippen LogP) is 11.3. The number of hydrogen-bond acceptors (Lipinski definition) is 7. The SMILES string of the molecule is CCCCCCCCCCCCCCCC(=O)OC[C@@H](CSC[C@H](NC(C)=O)C(C)=O)OC(=O)CCCCCCCCCCCCCCC.S. The summed E-state index contributed by atoms with van der Waals surface area (Å²) in [5.74, 6) is -0.155. The van der Waals surface area contributed by atoms with Crippen molar-refractivity contribution in [3.05, 3.63) is 0 Å². The van der Waals surface area contributed by atoms with Gasteiger partial charge in [0.25, 0.3) is 0 Å². The lowest BCUT2D eigenvalue weighted by molar-refractivity contribution is -0.157. The van der Waals surface area contributed by atoms with E-state index in [4.69, 9.17) is 9.47 Å². The summed E-state index contributed by atoms with van der Waals surface area (Å²) in [5, 5.41) is 2.67. The first kappa shape index (κ1) is 50.9. The molecule has 2 atom stereocenters. The molecule has 0 rings (SSSR count). The Labute approximate surface area is 319 Å². The van der Waals surface area contributed by atoms with E-state index in [1.54, 1.807) is 0 Å². The molecule has 9 heteroatoms. The zero-order chi connectivity index (χ0) is 36.2. The first-order valence-electron chi connectivity index (χ1n) is 20.5. The smallest absolute Gasteiger partial charge is 0.306 e. The van der Waals surface area contributed by atoms with Gasteiger partial charge < -0.3 is 14.8 Å². The average Bonchev–Trinajstić information content (AvgIpc) is 3.07. The highest BCUT2D eigenvalue weighted by Crippen LogP contribution is 2.16. The normalized spacial score (nSPS) is 12.2. The molecule has 0 unspecified atom stereocenters. The molecule has 0 bridgehead atoms. The highest BCUT2D eigenvalue weighted by Gasteiger charge is 2.20. The summed E-state index contributed by atoms with van der Waals surface area (Å²) in [5.41, 5.74) is 0. The summed E-state index contributed by atoms with van der Waals surface area (Å²) in [6, 6.07) is -0.595. The van der Waals surface area contributed by atoms with Gasteiger partial charge in [0.1, 0.15) is 12.7 Å². The van der Waals surface area contributed by atoms with Crippen molar-refractivity contribution in [1.29, 1.82) is 0 Å². The molecule has 0 aromatic rings. The first-order chi connectivity index (χ1) is 23.8. The number of ether oxygens (including phenoxy) is 2. The van der Waals surface area contributed by atoms with Crippen molar-refractivity contribution in [2.24, 2.45) is 0 Å². The number of carbonyl (C=O) groups is 4. The molecular formula is C41H79NO6S2. The van der Waals surface area contributed by atoms with Gasteiger partial charge in [-0.2, -0.15) is 25.3 Å². The van der Waals surface area contributed by atoms with Gasteiger partial charge in [0.2, 0.25) is 5.91 Å². The highest BCUT2D eigenvalue weighted by molar-refractivity contribution is 7.99. The zero-order valence-corrected chi connectivity index (χ0v) is 34.7. The Balaban J connectivity index is 0. The molecule has 0 fully saturated rings. The number of rotatable bonds is 37. The Bertz CT molecular complexity index is 812. The van der Waals surface area contributed by atoms with E-state index in [0.29, 0.717) is 24.3 Å². The van der Waals surface area contributed by atoms with Crippen molar-refractivity contribution in [2.75, 3.05) is 18.1 Å². The van der Waals surface area contributed by atoms with Crippen LogP contribution in [0.5, 0.6) is 0 Å². The summed E-state index contributed by atoms with van der Waals surface area (Å²) in [7, 11) is 0. The molecule has 1 N–H and O–H groups in total. The fraction of sp³-hybridized carbons (Fsp3) is 0.902. The molecule has 0 saturated heterocycles. The van der Waals surface area contributed by atoms with Crippen LogP contribution in [0.1, 0.15) is 207 Å². The number of Topliss-reactive ketones (excluding diaryl/α,β-unsaturated/α-hetero) is 1. The van der Waals surface area contributed by atoms with Gasteiger partial charge in [-0.15, -0.1) is 0 Å². The third-order valence-corrected chi connectivity index (χ3v) is 10.3. The average molecular weight is 746 g/mol. The molecule has 7 nitrogen and oxygen atoms in total. The van der Waals surface area contributed by atoms with Crippen LogP contribution in [0.3, 0.4) is 0 Å². The van der Waals surface area contributed by atoms with Gasteiger partial charge in [0, 0.05) is 31.3 Å². The van der Waals surface area contributed by atoms with Crippen LogP contribution in [-0.2, 0) is 28.7 Å². The minimum Gasteiger partial charge on any atom is -0.462 e. The number of ketones is 1. The van der Waals surface area contributed by atoms with Crippen molar-refractivity contribution < 1.29 is 28.7 Å². The monoisotopic (exact) mass is 746 g/mol. The molecular weight excluding hydrogens is 667 g/mol. The van der Waals surface area contributed by atoms with Crippen LogP contribution in [0, 0.1) is 0 Å². The number of nitrogens with one attached hydrogen (secondary N) is 1. The van der Waals surface area contributed by atoms with Crippen LogP contribution in [0.25, 0.3) is 0 Å².